The molecule has 9 nitrogen and oxygen atoms in total. The van der Waals surface area contributed by atoms with Gasteiger partial charge in [0.2, 0.25) is 23.6 Å². The van der Waals surface area contributed by atoms with Gasteiger partial charge < -0.3 is 20.1 Å². The zero-order valence-corrected chi connectivity index (χ0v) is 19.8. The first-order valence-electron chi connectivity index (χ1n) is 12.2. The van der Waals surface area contributed by atoms with E-state index in [4.69, 9.17) is 4.52 Å². The van der Waals surface area contributed by atoms with Gasteiger partial charge in [-0.15, -0.1) is 0 Å². The number of amides is 3. The van der Waals surface area contributed by atoms with E-state index in [1.165, 1.54) is 6.92 Å². The van der Waals surface area contributed by atoms with Crippen molar-refractivity contribution in [2.24, 2.45) is 0 Å². The summed E-state index contributed by atoms with van der Waals surface area (Å²) in [6.07, 6.45) is 7.85. The topological polar surface area (TPSA) is 117 Å². The lowest BCUT2D eigenvalue weighted by atomic mass is 9.89. The van der Waals surface area contributed by atoms with Gasteiger partial charge in [0.05, 0.1) is 0 Å². The first kappa shape index (κ1) is 23.9. The number of benzene rings is 1. The van der Waals surface area contributed by atoms with Crippen molar-refractivity contribution in [3.8, 4) is 0 Å². The zero-order valence-electron chi connectivity index (χ0n) is 19.8. The number of aryl methyl sites for hydroxylation is 1. The summed E-state index contributed by atoms with van der Waals surface area (Å²) in [5, 5.41) is 10.2. The van der Waals surface area contributed by atoms with E-state index in [1.54, 1.807) is 4.90 Å². The molecule has 4 rings (SSSR count). The molecule has 1 aliphatic heterocycles. The van der Waals surface area contributed by atoms with Gasteiger partial charge in [-0.05, 0) is 37.0 Å². The van der Waals surface area contributed by atoms with Crippen LogP contribution in [0.4, 0.5) is 5.69 Å². The molecule has 0 bridgehead atoms. The van der Waals surface area contributed by atoms with Gasteiger partial charge in [-0.2, -0.15) is 4.98 Å². The summed E-state index contributed by atoms with van der Waals surface area (Å²) >= 11 is 0. The molecule has 1 saturated heterocycles. The van der Waals surface area contributed by atoms with Gasteiger partial charge in [0, 0.05) is 45.0 Å². The molecule has 0 atom stereocenters. The van der Waals surface area contributed by atoms with Gasteiger partial charge in [0.1, 0.15) is 5.54 Å². The number of nitrogens with zero attached hydrogens (tertiary/aromatic N) is 3. The molecule has 1 aromatic carbocycles. The van der Waals surface area contributed by atoms with E-state index in [1.807, 2.05) is 24.3 Å². The normalized spacial score (nSPS) is 17.9. The smallest absolute Gasteiger partial charge is 0.227 e. The maximum Gasteiger partial charge on any atom is 0.227 e. The number of aromatic nitrogens is 2. The van der Waals surface area contributed by atoms with Crippen LogP contribution in [0, 0.1) is 0 Å². The highest BCUT2D eigenvalue weighted by molar-refractivity contribution is 5.95. The third-order valence-electron chi connectivity index (χ3n) is 6.62. The Morgan fingerprint density at radius 2 is 1.94 bits per heavy atom. The highest BCUT2D eigenvalue weighted by Crippen LogP contribution is 2.34. The van der Waals surface area contributed by atoms with Gasteiger partial charge in [0.25, 0.3) is 0 Å². The monoisotopic (exact) mass is 467 g/mol. The Morgan fingerprint density at radius 1 is 1.15 bits per heavy atom. The lowest BCUT2D eigenvalue weighted by Gasteiger charge is -2.30. The molecule has 2 aliphatic rings. The molecular weight excluding hydrogens is 434 g/mol. The summed E-state index contributed by atoms with van der Waals surface area (Å²) in [6, 6.07) is 7.70. The van der Waals surface area contributed by atoms with E-state index in [9.17, 15) is 14.4 Å². The highest BCUT2D eigenvalue weighted by Gasteiger charge is 2.38. The average Bonchev–Trinajstić information content (AvgIpc) is 3.41. The predicted octanol–water partition coefficient (Wildman–Crippen LogP) is 3.13. The summed E-state index contributed by atoms with van der Waals surface area (Å²) in [4.78, 5) is 42.6. The van der Waals surface area contributed by atoms with Crippen LogP contribution in [-0.4, -0.2) is 34.4 Å². The SMILES string of the molecule is CC(=O)NC1(c2noc(CCC(=O)NCc3cccc(N4CCCC4=O)c3)n2)CCCCCC1. The van der Waals surface area contributed by atoms with Crippen LogP contribution in [0.3, 0.4) is 0 Å². The van der Waals surface area contributed by atoms with Crippen LogP contribution in [0.1, 0.15) is 82.0 Å². The third-order valence-corrected chi connectivity index (χ3v) is 6.62. The standard InChI is InChI=1S/C25H33N5O4/c1-18(31)28-25(13-4-2-3-5-14-25)24-27-22(34-29-24)12-11-21(32)26-17-19-8-6-9-20(16-19)30-15-7-10-23(30)33/h6,8-9,16H,2-5,7,10-15,17H2,1H3,(H,26,32)(H,28,31). The van der Waals surface area contributed by atoms with E-state index >= 15 is 0 Å². The Morgan fingerprint density at radius 3 is 2.65 bits per heavy atom. The van der Waals surface area contributed by atoms with Crippen molar-refractivity contribution in [1.82, 2.24) is 20.8 Å². The number of carbonyl (C=O) groups excluding carboxylic acids is 3. The van der Waals surface area contributed by atoms with Crippen molar-refractivity contribution in [3.63, 3.8) is 0 Å². The maximum absolute atomic E-state index is 12.4. The molecule has 3 amide bonds. The predicted molar refractivity (Wildman–Crippen MR) is 126 cm³/mol. The average molecular weight is 468 g/mol. The largest absolute Gasteiger partial charge is 0.352 e. The molecule has 0 unspecified atom stereocenters. The van der Waals surface area contributed by atoms with Crippen LogP contribution in [-0.2, 0) is 32.9 Å². The minimum atomic E-state index is -0.589. The lowest BCUT2D eigenvalue weighted by molar-refractivity contribution is -0.122. The second-order valence-corrected chi connectivity index (χ2v) is 9.28. The van der Waals surface area contributed by atoms with Crippen molar-refractivity contribution in [1.29, 1.82) is 0 Å². The minimum Gasteiger partial charge on any atom is -0.352 e. The number of hydrogen-bond acceptors (Lipinski definition) is 6. The van der Waals surface area contributed by atoms with Gasteiger partial charge in [-0.3, -0.25) is 14.4 Å². The Kier molecular flexibility index (Phi) is 7.59. The van der Waals surface area contributed by atoms with Gasteiger partial charge in [0.15, 0.2) is 5.82 Å². The van der Waals surface area contributed by atoms with Gasteiger partial charge in [-0.25, -0.2) is 0 Å². The molecule has 1 aromatic heterocycles. The van der Waals surface area contributed by atoms with Gasteiger partial charge >= 0.3 is 0 Å². The van der Waals surface area contributed by atoms with Crippen molar-refractivity contribution >= 4 is 23.4 Å². The molecule has 2 N–H and O–H groups in total. The molecule has 0 radical (unpaired) electrons. The molecule has 182 valence electrons. The molecule has 34 heavy (non-hydrogen) atoms. The molecule has 2 aromatic rings. The molecule has 2 heterocycles. The van der Waals surface area contributed by atoms with E-state index < -0.39 is 5.54 Å². The molecule has 9 heteroatoms. The van der Waals surface area contributed by atoms with Gasteiger partial charge in [-0.1, -0.05) is 43.0 Å². The van der Waals surface area contributed by atoms with Crippen molar-refractivity contribution in [2.75, 3.05) is 11.4 Å². The van der Waals surface area contributed by atoms with E-state index in [0.29, 0.717) is 31.1 Å². The maximum atomic E-state index is 12.4. The Labute approximate surface area is 199 Å². The van der Waals surface area contributed by atoms with E-state index in [0.717, 1.165) is 62.7 Å². The number of carbonyl (C=O) groups is 3. The summed E-state index contributed by atoms with van der Waals surface area (Å²) in [5.74, 6) is 0.824. The Balaban J connectivity index is 1.31. The van der Waals surface area contributed by atoms with Crippen molar-refractivity contribution in [3.05, 3.63) is 41.5 Å². The van der Waals surface area contributed by atoms with Crippen LogP contribution < -0.4 is 15.5 Å². The second kappa shape index (κ2) is 10.8. The fraction of sp³-hybridized carbons (Fsp3) is 0.560. The third kappa shape index (κ3) is 5.81. The molecular formula is C25H33N5O4. The first-order chi connectivity index (χ1) is 16.4. The zero-order chi connectivity index (χ0) is 24.0. The molecule has 2 fully saturated rings. The minimum absolute atomic E-state index is 0.106. The van der Waals surface area contributed by atoms with E-state index in [-0.39, 0.29) is 24.1 Å². The summed E-state index contributed by atoms with van der Waals surface area (Å²) in [6.45, 7) is 2.64. The molecule has 1 aliphatic carbocycles. The van der Waals surface area contributed by atoms with Crippen LogP contribution in [0.25, 0.3) is 0 Å². The molecule has 1 saturated carbocycles. The number of anilines is 1. The Bertz CT molecular complexity index is 1030. The fourth-order valence-electron chi connectivity index (χ4n) is 4.89. The van der Waals surface area contributed by atoms with Crippen molar-refractivity contribution in [2.45, 2.75) is 83.2 Å². The number of hydrogen-bond donors (Lipinski definition) is 2. The quantitative estimate of drug-likeness (QED) is 0.576. The van der Waals surface area contributed by atoms with Crippen LogP contribution in [0.15, 0.2) is 28.8 Å². The number of rotatable bonds is 8. The summed E-state index contributed by atoms with van der Waals surface area (Å²) in [7, 11) is 0. The van der Waals surface area contributed by atoms with E-state index in [2.05, 4.69) is 20.8 Å². The van der Waals surface area contributed by atoms with Crippen LogP contribution in [0.5, 0.6) is 0 Å². The molecule has 0 spiro atoms. The Hall–Kier alpha value is -3.23. The highest BCUT2D eigenvalue weighted by atomic mass is 16.5. The van der Waals surface area contributed by atoms with Crippen LogP contribution in [0.2, 0.25) is 0 Å². The lowest BCUT2D eigenvalue weighted by Crippen LogP contribution is -2.45. The summed E-state index contributed by atoms with van der Waals surface area (Å²) in [5.41, 5.74) is 1.23. The van der Waals surface area contributed by atoms with Crippen LogP contribution >= 0.6 is 0 Å². The second-order valence-electron chi connectivity index (χ2n) is 9.28. The number of nitrogens with one attached hydrogen (secondary N) is 2. The summed E-state index contributed by atoms with van der Waals surface area (Å²) < 4.78 is 5.43. The van der Waals surface area contributed by atoms with Crippen molar-refractivity contribution < 1.29 is 18.9 Å². The first-order valence-corrected chi connectivity index (χ1v) is 12.2. The fourth-order valence-corrected chi connectivity index (χ4v) is 4.89.